The van der Waals surface area contributed by atoms with Crippen LogP contribution in [0.15, 0.2) is 112 Å². The maximum atomic E-state index is 14.5. The molecule has 0 aromatic heterocycles. The number of carbonyl (C=O) groups excluding carboxylic acids is 2. The lowest BCUT2D eigenvalue weighted by Gasteiger charge is -2.34. The summed E-state index contributed by atoms with van der Waals surface area (Å²) < 4.78 is 29.9. The van der Waals surface area contributed by atoms with Crippen LogP contribution in [0.25, 0.3) is 0 Å². The molecule has 7 nitrogen and oxygen atoms in total. The Morgan fingerprint density at radius 3 is 2.09 bits per heavy atom. The number of nitrogens with one attached hydrogen (secondary N) is 1. The van der Waals surface area contributed by atoms with E-state index in [9.17, 15) is 18.0 Å². The first-order valence-corrected chi connectivity index (χ1v) is 17.3. The topological polar surface area (TPSA) is 86.8 Å². The molecule has 0 saturated heterocycles. The average Bonchev–Trinajstić information content (AvgIpc) is 3.02. The molecule has 0 spiro atoms. The van der Waals surface area contributed by atoms with Crippen LogP contribution in [-0.2, 0) is 32.6 Å². The van der Waals surface area contributed by atoms with Crippen LogP contribution in [0.5, 0.6) is 0 Å². The maximum absolute atomic E-state index is 14.5. The predicted molar refractivity (Wildman–Crippen MR) is 184 cm³/mol. The first-order valence-electron chi connectivity index (χ1n) is 14.3. The van der Waals surface area contributed by atoms with Gasteiger partial charge in [0.1, 0.15) is 12.6 Å². The highest BCUT2D eigenvalue weighted by molar-refractivity contribution is 9.10. The molecule has 1 N–H and O–H groups in total. The molecule has 1 atom stereocenters. The summed E-state index contributed by atoms with van der Waals surface area (Å²) in [6.07, 6.45) is 0.225. The van der Waals surface area contributed by atoms with E-state index >= 15 is 0 Å². The number of carbonyl (C=O) groups is 2. The molecule has 4 rings (SSSR count). The standard InChI is InChI=1S/C34H34BrCl2N3O4S/c1-24(2)21-38-34(42)32(19-25-10-5-3-6-11-25)39(22-26-12-9-13-27(35)18-26)33(41)23-40(28-16-17-30(36)31(37)20-28)45(43,44)29-14-7-4-8-15-29/h3-18,20,24,32H,19,21-23H2,1-2H3,(H,38,42)/t32-/m0/s1. The van der Waals surface area contributed by atoms with Gasteiger partial charge in [0.15, 0.2) is 0 Å². The minimum absolute atomic E-state index is 0.00192. The van der Waals surface area contributed by atoms with Gasteiger partial charge in [0.2, 0.25) is 11.8 Å². The molecule has 0 aliphatic rings. The second-order valence-corrected chi connectivity index (χ2v) is 14.5. The molecule has 0 aliphatic heterocycles. The normalized spacial score (nSPS) is 12.0. The minimum Gasteiger partial charge on any atom is -0.354 e. The largest absolute Gasteiger partial charge is 0.354 e. The molecule has 236 valence electrons. The number of rotatable bonds is 13. The number of sulfonamides is 1. The van der Waals surface area contributed by atoms with Crippen LogP contribution in [0.1, 0.15) is 25.0 Å². The molecule has 0 heterocycles. The second kappa shape index (κ2) is 15.8. The number of halogens is 3. The minimum atomic E-state index is -4.24. The van der Waals surface area contributed by atoms with E-state index in [1.807, 2.05) is 68.4 Å². The zero-order chi connectivity index (χ0) is 32.6. The van der Waals surface area contributed by atoms with Crippen molar-refractivity contribution in [3.05, 3.63) is 129 Å². The van der Waals surface area contributed by atoms with Gasteiger partial charge in [-0.1, -0.05) is 114 Å². The highest BCUT2D eigenvalue weighted by Gasteiger charge is 2.34. The van der Waals surface area contributed by atoms with Gasteiger partial charge in [-0.25, -0.2) is 8.42 Å². The molecular weight excluding hydrogens is 697 g/mol. The van der Waals surface area contributed by atoms with Gasteiger partial charge in [-0.3, -0.25) is 13.9 Å². The summed E-state index contributed by atoms with van der Waals surface area (Å²) in [5, 5.41) is 3.36. The predicted octanol–water partition coefficient (Wildman–Crippen LogP) is 7.36. The maximum Gasteiger partial charge on any atom is 0.264 e. The summed E-state index contributed by atoms with van der Waals surface area (Å²) in [5.74, 6) is -0.717. The molecule has 45 heavy (non-hydrogen) atoms. The Kier molecular flexibility index (Phi) is 12.1. The van der Waals surface area contributed by atoms with E-state index in [1.54, 1.807) is 18.2 Å². The van der Waals surface area contributed by atoms with Gasteiger partial charge in [0.05, 0.1) is 20.6 Å². The van der Waals surface area contributed by atoms with Crippen LogP contribution in [0.3, 0.4) is 0 Å². The smallest absolute Gasteiger partial charge is 0.264 e. The third-order valence-corrected chi connectivity index (χ3v) is 10.0. The fraction of sp³-hybridized carbons (Fsp3) is 0.235. The monoisotopic (exact) mass is 729 g/mol. The van der Waals surface area contributed by atoms with Crippen molar-refractivity contribution >= 4 is 66.7 Å². The first-order chi connectivity index (χ1) is 21.5. The van der Waals surface area contributed by atoms with Crippen LogP contribution in [-0.4, -0.2) is 44.3 Å². The van der Waals surface area contributed by atoms with Crippen molar-refractivity contribution in [1.29, 1.82) is 0 Å². The van der Waals surface area contributed by atoms with Crippen LogP contribution in [0, 0.1) is 5.92 Å². The number of anilines is 1. The molecule has 4 aromatic carbocycles. The Morgan fingerprint density at radius 1 is 0.822 bits per heavy atom. The van der Waals surface area contributed by atoms with E-state index in [4.69, 9.17) is 23.2 Å². The summed E-state index contributed by atoms with van der Waals surface area (Å²) in [6, 6.07) is 28.1. The van der Waals surface area contributed by atoms with E-state index in [0.29, 0.717) is 6.54 Å². The summed E-state index contributed by atoms with van der Waals surface area (Å²) >= 11 is 16.0. The quantitative estimate of drug-likeness (QED) is 0.156. The van der Waals surface area contributed by atoms with Gasteiger partial charge in [-0.05, 0) is 59.5 Å². The average molecular weight is 732 g/mol. The van der Waals surface area contributed by atoms with Gasteiger partial charge in [0.25, 0.3) is 10.0 Å². The van der Waals surface area contributed by atoms with Crippen LogP contribution < -0.4 is 9.62 Å². The Bertz CT molecular complexity index is 1720. The van der Waals surface area contributed by atoms with E-state index < -0.39 is 28.5 Å². The van der Waals surface area contributed by atoms with Gasteiger partial charge in [-0.15, -0.1) is 0 Å². The molecule has 0 unspecified atom stereocenters. The van der Waals surface area contributed by atoms with E-state index in [-0.39, 0.29) is 45.4 Å². The Morgan fingerprint density at radius 2 is 1.47 bits per heavy atom. The van der Waals surface area contributed by atoms with Gasteiger partial charge in [0, 0.05) is 24.0 Å². The van der Waals surface area contributed by atoms with Crippen molar-refractivity contribution in [3.8, 4) is 0 Å². The van der Waals surface area contributed by atoms with Crippen molar-refractivity contribution in [2.45, 2.75) is 37.8 Å². The summed E-state index contributed by atoms with van der Waals surface area (Å²) in [5.41, 5.74) is 1.78. The van der Waals surface area contributed by atoms with Gasteiger partial charge < -0.3 is 10.2 Å². The lowest BCUT2D eigenvalue weighted by molar-refractivity contribution is -0.140. The molecule has 0 radical (unpaired) electrons. The molecule has 0 bridgehead atoms. The summed E-state index contributed by atoms with van der Waals surface area (Å²) in [4.78, 5) is 29.8. The second-order valence-electron chi connectivity index (χ2n) is 10.9. The van der Waals surface area contributed by atoms with Crippen molar-refractivity contribution in [2.24, 2.45) is 5.92 Å². The van der Waals surface area contributed by atoms with Gasteiger partial charge in [-0.2, -0.15) is 0 Å². The number of benzene rings is 4. The third-order valence-electron chi connectivity index (χ3n) is 7.00. The molecule has 0 saturated carbocycles. The molecule has 4 aromatic rings. The van der Waals surface area contributed by atoms with Crippen LogP contribution in [0.4, 0.5) is 5.69 Å². The highest BCUT2D eigenvalue weighted by Crippen LogP contribution is 2.31. The number of amides is 2. The van der Waals surface area contributed by atoms with Gasteiger partial charge >= 0.3 is 0 Å². The SMILES string of the molecule is CC(C)CNC(=O)[C@H](Cc1ccccc1)N(Cc1cccc(Br)c1)C(=O)CN(c1ccc(Cl)c(Cl)c1)S(=O)(=O)c1ccccc1. The Labute approximate surface area is 283 Å². The molecule has 0 fully saturated rings. The molecule has 2 amide bonds. The van der Waals surface area contributed by atoms with Crippen LogP contribution >= 0.6 is 39.1 Å². The van der Waals surface area contributed by atoms with Crippen molar-refractivity contribution in [1.82, 2.24) is 10.2 Å². The Balaban J connectivity index is 1.81. The molecule has 11 heteroatoms. The number of hydrogen-bond acceptors (Lipinski definition) is 4. The zero-order valence-electron chi connectivity index (χ0n) is 24.9. The lowest BCUT2D eigenvalue weighted by atomic mass is 10.0. The van der Waals surface area contributed by atoms with E-state index in [1.165, 1.54) is 35.2 Å². The highest BCUT2D eigenvalue weighted by atomic mass is 79.9. The van der Waals surface area contributed by atoms with Crippen molar-refractivity contribution in [2.75, 3.05) is 17.4 Å². The zero-order valence-corrected chi connectivity index (χ0v) is 28.8. The number of nitrogens with zero attached hydrogens (tertiary/aromatic N) is 2. The molecule has 0 aliphatic carbocycles. The Hall–Kier alpha value is -3.37. The molecular formula is C34H34BrCl2N3O4S. The van der Waals surface area contributed by atoms with Crippen molar-refractivity contribution < 1.29 is 18.0 Å². The fourth-order valence-corrected chi connectivity index (χ4v) is 6.86. The summed E-state index contributed by atoms with van der Waals surface area (Å²) in [6.45, 7) is 3.86. The lowest BCUT2D eigenvalue weighted by Crippen LogP contribution is -2.53. The van der Waals surface area contributed by atoms with Crippen molar-refractivity contribution in [3.63, 3.8) is 0 Å². The fourth-order valence-electron chi connectivity index (χ4n) is 4.70. The van der Waals surface area contributed by atoms with E-state index in [0.717, 1.165) is 19.9 Å². The van der Waals surface area contributed by atoms with Crippen LogP contribution in [0.2, 0.25) is 10.0 Å². The first kappa shape index (κ1) is 34.5. The van der Waals surface area contributed by atoms with E-state index in [2.05, 4.69) is 21.2 Å². The number of hydrogen-bond donors (Lipinski definition) is 1. The summed E-state index contributed by atoms with van der Waals surface area (Å²) in [7, 11) is -4.24. The third kappa shape index (κ3) is 9.33.